The summed E-state index contributed by atoms with van der Waals surface area (Å²) in [7, 11) is 0. The maximum Gasteiger partial charge on any atom is 0.340 e. The van der Waals surface area contributed by atoms with Gasteiger partial charge in [0.25, 0.3) is 0 Å². The number of aromatic amines is 2. The maximum atomic E-state index is 10.9. The topological polar surface area (TPSA) is 90.6 Å². The van der Waals surface area contributed by atoms with Gasteiger partial charge in [0, 0.05) is 0 Å². The molecule has 1 unspecified atom stereocenters. The van der Waals surface area contributed by atoms with E-state index in [1.165, 1.54) is 0 Å². The number of amides is 1. The second-order valence-electron chi connectivity index (χ2n) is 2.46. The van der Waals surface area contributed by atoms with E-state index in [4.69, 9.17) is 11.6 Å². The zero-order valence-electron chi connectivity index (χ0n) is 6.93. The van der Waals surface area contributed by atoms with Gasteiger partial charge >= 0.3 is 5.69 Å². The van der Waals surface area contributed by atoms with Crippen LogP contribution in [0, 0.1) is 0 Å². The van der Waals surface area contributed by atoms with Crippen molar-refractivity contribution in [2.24, 2.45) is 0 Å². The van der Waals surface area contributed by atoms with Crippen LogP contribution >= 0.6 is 11.6 Å². The molecule has 1 atom stereocenters. The normalized spacial score (nSPS) is 12.5. The lowest BCUT2D eigenvalue weighted by Crippen LogP contribution is -2.29. The molecular weight excluding hydrogens is 196 g/mol. The van der Waals surface area contributed by atoms with Gasteiger partial charge in [-0.15, -0.1) is 11.6 Å². The number of H-pyrrole nitrogens is 2. The van der Waals surface area contributed by atoms with E-state index in [1.54, 1.807) is 6.92 Å². The Kier molecular flexibility index (Phi) is 3.07. The van der Waals surface area contributed by atoms with Gasteiger partial charge < -0.3 is 5.32 Å². The van der Waals surface area contributed by atoms with Gasteiger partial charge in [0.05, 0.1) is 6.54 Å². The molecule has 0 aliphatic rings. The fourth-order valence-electron chi connectivity index (χ4n) is 0.700. The zero-order valence-corrected chi connectivity index (χ0v) is 7.68. The highest BCUT2D eigenvalue weighted by atomic mass is 35.5. The summed E-state index contributed by atoms with van der Waals surface area (Å²) in [6.45, 7) is 1.72. The van der Waals surface area contributed by atoms with Crippen LogP contribution in [0.1, 0.15) is 12.7 Å². The molecule has 1 aromatic rings. The average molecular weight is 205 g/mol. The number of hydrogen-bond acceptors (Lipinski definition) is 3. The number of hydrogen-bond donors (Lipinski definition) is 3. The van der Waals surface area contributed by atoms with Crippen LogP contribution in [0.2, 0.25) is 0 Å². The van der Waals surface area contributed by atoms with Crippen molar-refractivity contribution in [3.8, 4) is 0 Å². The summed E-state index contributed by atoms with van der Waals surface area (Å²) in [5.74, 6) is 0.0705. The Morgan fingerprint density at radius 2 is 2.46 bits per heavy atom. The van der Waals surface area contributed by atoms with Crippen LogP contribution < -0.4 is 11.0 Å². The van der Waals surface area contributed by atoms with Crippen LogP contribution in [-0.4, -0.2) is 26.5 Å². The summed E-state index contributed by atoms with van der Waals surface area (Å²) >= 11 is 5.49. The highest BCUT2D eigenvalue weighted by Crippen LogP contribution is 1.92. The fraction of sp³-hybridized carbons (Fsp3) is 0.500. The second-order valence-corrected chi connectivity index (χ2v) is 3.11. The molecule has 3 N–H and O–H groups in total. The third kappa shape index (κ3) is 2.90. The Morgan fingerprint density at radius 3 is 2.92 bits per heavy atom. The lowest BCUT2D eigenvalue weighted by Gasteiger charge is -2.02. The van der Waals surface area contributed by atoms with Crippen molar-refractivity contribution in [1.82, 2.24) is 20.5 Å². The third-order valence-electron chi connectivity index (χ3n) is 1.34. The monoisotopic (exact) mass is 204 g/mol. The van der Waals surface area contributed by atoms with Crippen molar-refractivity contribution in [2.45, 2.75) is 18.8 Å². The minimum absolute atomic E-state index is 0.161. The molecule has 1 amide bonds. The second kappa shape index (κ2) is 4.08. The van der Waals surface area contributed by atoms with Crippen molar-refractivity contribution >= 4 is 17.5 Å². The number of nitrogens with one attached hydrogen (secondary N) is 3. The Hall–Kier alpha value is -1.30. The van der Waals surface area contributed by atoms with E-state index < -0.39 is 11.1 Å². The molecule has 1 aromatic heterocycles. The molecule has 13 heavy (non-hydrogen) atoms. The van der Waals surface area contributed by atoms with Crippen LogP contribution in [0.15, 0.2) is 4.79 Å². The van der Waals surface area contributed by atoms with Gasteiger partial charge in [0.2, 0.25) is 5.91 Å². The molecule has 7 heteroatoms. The molecule has 0 spiro atoms. The van der Waals surface area contributed by atoms with Gasteiger partial charge in [-0.2, -0.15) is 5.10 Å². The van der Waals surface area contributed by atoms with E-state index >= 15 is 0 Å². The van der Waals surface area contributed by atoms with Crippen molar-refractivity contribution in [3.05, 3.63) is 16.3 Å². The van der Waals surface area contributed by atoms with E-state index in [0.29, 0.717) is 5.82 Å². The first-order chi connectivity index (χ1) is 6.09. The van der Waals surface area contributed by atoms with Crippen molar-refractivity contribution in [2.75, 3.05) is 0 Å². The smallest absolute Gasteiger partial charge is 0.340 e. The van der Waals surface area contributed by atoms with Crippen molar-refractivity contribution in [1.29, 1.82) is 0 Å². The molecule has 1 heterocycles. The maximum absolute atomic E-state index is 10.9. The number of alkyl halides is 1. The number of aromatic nitrogens is 3. The molecule has 0 aromatic carbocycles. The summed E-state index contributed by atoms with van der Waals surface area (Å²) in [6.07, 6.45) is 0. The molecule has 0 fully saturated rings. The van der Waals surface area contributed by atoms with Crippen LogP contribution in [0.5, 0.6) is 0 Å². The van der Waals surface area contributed by atoms with Crippen LogP contribution in [0.3, 0.4) is 0 Å². The molecule has 6 nitrogen and oxygen atoms in total. The quantitative estimate of drug-likeness (QED) is 0.571. The minimum atomic E-state index is -0.592. The van der Waals surface area contributed by atoms with Crippen LogP contribution in [-0.2, 0) is 11.3 Å². The Labute approximate surface area is 78.7 Å². The molecule has 72 valence electrons. The average Bonchev–Trinajstić information content (AvgIpc) is 2.47. The first kappa shape index (κ1) is 9.79. The lowest BCUT2D eigenvalue weighted by molar-refractivity contribution is -0.120. The zero-order chi connectivity index (χ0) is 9.84. The summed E-state index contributed by atoms with van der Waals surface area (Å²) in [5.41, 5.74) is -0.400. The van der Waals surface area contributed by atoms with E-state index in [9.17, 15) is 9.59 Å². The predicted octanol–water partition coefficient (Wildman–Crippen LogP) is -0.659. The molecule has 0 bridgehead atoms. The van der Waals surface area contributed by atoms with E-state index in [2.05, 4.69) is 20.5 Å². The van der Waals surface area contributed by atoms with Crippen LogP contribution in [0.25, 0.3) is 0 Å². The standard InChI is InChI=1S/C6H9ClN4O2/c1-3(7)5(12)8-2-4-9-6(13)11-10-4/h3H,2H2,1H3,(H,8,12)(H2,9,10,11,13). The Morgan fingerprint density at radius 1 is 1.77 bits per heavy atom. The number of rotatable bonds is 3. The van der Waals surface area contributed by atoms with Gasteiger partial charge in [-0.25, -0.2) is 9.89 Å². The lowest BCUT2D eigenvalue weighted by atomic mass is 10.4. The van der Waals surface area contributed by atoms with Gasteiger partial charge in [-0.05, 0) is 6.92 Å². The summed E-state index contributed by atoms with van der Waals surface area (Å²) in [4.78, 5) is 23.9. The molecular formula is C6H9ClN4O2. The highest BCUT2D eigenvalue weighted by molar-refractivity contribution is 6.30. The highest BCUT2D eigenvalue weighted by Gasteiger charge is 2.08. The van der Waals surface area contributed by atoms with Gasteiger partial charge in [0.15, 0.2) is 0 Å². The predicted molar refractivity (Wildman–Crippen MR) is 46.4 cm³/mol. The Bertz CT molecular complexity index is 342. The number of carbonyl (C=O) groups excluding carboxylic acids is 1. The summed E-state index contributed by atoms with van der Waals surface area (Å²) in [5, 5.41) is 7.67. The molecule has 0 aliphatic carbocycles. The number of halogens is 1. The molecule has 0 radical (unpaired) electrons. The first-order valence-electron chi connectivity index (χ1n) is 3.65. The molecule has 0 aliphatic heterocycles. The van der Waals surface area contributed by atoms with Crippen molar-refractivity contribution in [3.63, 3.8) is 0 Å². The largest absolute Gasteiger partial charge is 0.348 e. The molecule has 1 rings (SSSR count). The van der Waals surface area contributed by atoms with E-state index in [-0.39, 0.29) is 12.5 Å². The van der Waals surface area contributed by atoms with Gasteiger partial charge in [0.1, 0.15) is 11.2 Å². The van der Waals surface area contributed by atoms with Gasteiger partial charge in [-0.3, -0.25) is 9.78 Å². The number of carbonyl (C=O) groups is 1. The SMILES string of the molecule is CC(Cl)C(=O)NCc1n[nH]c(=O)[nH]1. The van der Waals surface area contributed by atoms with Crippen LogP contribution in [0.4, 0.5) is 0 Å². The first-order valence-corrected chi connectivity index (χ1v) is 4.08. The molecule has 0 saturated heterocycles. The van der Waals surface area contributed by atoms with E-state index in [0.717, 1.165) is 0 Å². The fourth-order valence-corrected chi connectivity index (χ4v) is 0.778. The number of nitrogens with zero attached hydrogens (tertiary/aromatic N) is 1. The Balaban J connectivity index is 2.44. The molecule has 0 saturated carbocycles. The summed E-state index contributed by atoms with van der Waals surface area (Å²) < 4.78 is 0. The van der Waals surface area contributed by atoms with Crippen molar-refractivity contribution < 1.29 is 4.79 Å². The van der Waals surface area contributed by atoms with E-state index in [1.807, 2.05) is 0 Å². The van der Waals surface area contributed by atoms with Gasteiger partial charge in [-0.1, -0.05) is 0 Å². The third-order valence-corrected chi connectivity index (χ3v) is 1.54. The minimum Gasteiger partial charge on any atom is -0.348 e. The summed E-state index contributed by atoms with van der Waals surface area (Å²) in [6, 6.07) is 0.